The van der Waals surface area contributed by atoms with Gasteiger partial charge in [-0.2, -0.15) is 0 Å². The summed E-state index contributed by atoms with van der Waals surface area (Å²) in [6.45, 7) is 12.3. The van der Waals surface area contributed by atoms with Crippen molar-refractivity contribution in [2.75, 3.05) is 20.7 Å². The third-order valence-electron chi connectivity index (χ3n) is 3.87. The number of aryl methyl sites for hydroxylation is 2. The zero-order valence-corrected chi connectivity index (χ0v) is 15.1. The first kappa shape index (κ1) is 18.5. The normalized spacial score (nSPS) is 13.9. The summed E-state index contributed by atoms with van der Waals surface area (Å²) in [6, 6.07) is 6.51. The van der Waals surface area contributed by atoms with Gasteiger partial charge < -0.3 is 15.4 Å². The minimum atomic E-state index is 0.0914. The van der Waals surface area contributed by atoms with Crippen molar-refractivity contribution in [3.8, 4) is 0 Å². The van der Waals surface area contributed by atoms with Crippen LogP contribution in [0.4, 0.5) is 0 Å². The Morgan fingerprint density at radius 2 is 1.91 bits per heavy atom. The van der Waals surface area contributed by atoms with Crippen molar-refractivity contribution in [3.05, 3.63) is 34.9 Å². The van der Waals surface area contributed by atoms with Crippen LogP contribution in [0, 0.1) is 19.3 Å². The lowest BCUT2D eigenvalue weighted by Crippen LogP contribution is -2.45. The van der Waals surface area contributed by atoms with Crippen LogP contribution >= 0.6 is 0 Å². The second-order valence-electron chi connectivity index (χ2n) is 6.83. The van der Waals surface area contributed by atoms with E-state index in [0.29, 0.717) is 0 Å². The second kappa shape index (κ2) is 8.18. The summed E-state index contributed by atoms with van der Waals surface area (Å²) >= 11 is 0. The maximum Gasteiger partial charge on any atom is 0.191 e. The number of rotatable bonds is 5. The summed E-state index contributed by atoms with van der Waals surface area (Å²) in [6.07, 6.45) is 0.132. The average molecular weight is 305 g/mol. The lowest BCUT2D eigenvalue weighted by molar-refractivity contribution is 0.0205. The molecule has 1 aromatic rings. The quantitative estimate of drug-likeness (QED) is 0.649. The van der Waals surface area contributed by atoms with E-state index in [9.17, 15) is 0 Å². The Labute approximate surface area is 135 Å². The highest BCUT2D eigenvalue weighted by Crippen LogP contribution is 2.20. The van der Waals surface area contributed by atoms with Crippen LogP contribution in [0.5, 0.6) is 0 Å². The molecule has 2 N–H and O–H groups in total. The van der Waals surface area contributed by atoms with E-state index >= 15 is 0 Å². The summed E-state index contributed by atoms with van der Waals surface area (Å²) < 4.78 is 5.56. The number of nitrogens with zero attached hydrogens (tertiary/aromatic N) is 1. The maximum absolute atomic E-state index is 5.56. The first-order valence-electron chi connectivity index (χ1n) is 7.81. The van der Waals surface area contributed by atoms with Gasteiger partial charge in [-0.05, 0) is 30.4 Å². The Balaban J connectivity index is 2.56. The fourth-order valence-electron chi connectivity index (χ4n) is 2.38. The van der Waals surface area contributed by atoms with Crippen molar-refractivity contribution in [2.24, 2.45) is 10.4 Å². The van der Waals surface area contributed by atoms with E-state index in [1.807, 2.05) is 0 Å². The van der Waals surface area contributed by atoms with Gasteiger partial charge in [0.15, 0.2) is 5.96 Å². The molecule has 0 aliphatic heterocycles. The molecule has 0 aromatic heterocycles. The van der Waals surface area contributed by atoms with E-state index in [1.54, 1.807) is 14.2 Å². The van der Waals surface area contributed by atoms with Gasteiger partial charge in [-0.15, -0.1) is 0 Å². The highest BCUT2D eigenvalue weighted by atomic mass is 16.5. The lowest BCUT2D eigenvalue weighted by Gasteiger charge is -2.30. The number of methoxy groups -OCH3 is 1. The van der Waals surface area contributed by atoms with Gasteiger partial charge in [0, 0.05) is 27.2 Å². The largest absolute Gasteiger partial charge is 0.379 e. The summed E-state index contributed by atoms with van der Waals surface area (Å²) in [5, 5.41) is 6.70. The molecular formula is C18H31N3O. The van der Waals surface area contributed by atoms with Gasteiger partial charge in [0.25, 0.3) is 0 Å². The molecule has 1 atom stereocenters. The van der Waals surface area contributed by atoms with Crippen molar-refractivity contribution in [3.63, 3.8) is 0 Å². The molecule has 124 valence electrons. The van der Waals surface area contributed by atoms with Crippen LogP contribution in [0.2, 0.25) is 0 Å². The van der Waals surface area contributed by atoms with Gasteiger partial charge in [-0.3, -0.25) is 4.99 Å². The number of hydrogen-bond acceptors (Lipinski definition) is 2. The molecule has 1 aromatic carbocycles. The zero-order valence-electron chi connectivity index (χ0n) is 15.1. The second-order valence-corrected chi connectivity index (χ2v) is 6.83. The van der Waals surface area contributed by atoms with Gasteiger partial charge in [0.05, 0.1) is 6.10 Å². The minimum absolute atomic E-state index is 0.0914. The number of nitrogens with one attached hydrogen (secondary N) is 2. The summed E-state index contributed by atoms with van der Waals surface area (Å²) in [5.41, 5.74) is 3.96. The van der Waals surface area contributed by atoms with Gasteiger partial charge >= 0.3 is 0 Å². The van der Waals surface area contributed by atoms with E-state index in [4.69, 9.17) is 4.74 Å². The highest BCUT2D eigenvalue weighted by Gasteiger charge is 2.24. The first-order chi connectivity index (χ1) is 10.3. The van der Waals surface area contributed by atoms with Crippen LogP contribution in [0.1, 0.15) is 37.5 Å². The topological polar surface area (TPSA) is 45.7 Å². The van der Waals surface area contributed by atoms with Crippen molar-refractivity contribution in [1.29, 1.82) is 0 Å². The van der Waals surface area contributed by atoms with Crippen LogP contribution in [0.25, 0.3) is 0 Å². The summed E-state index contributed by atoms with van der Waals surface area (Å²) in [5.74, 6) is 0.797. The van der Waals surface area contributed by atoms with Crippen molar-refractivity contribution < 1.29 is 4.74 Å². The lowest BCUT2D eigenvalue weighted by atomic mass is 9.89. The summed E-state index contributed by atoms with van der Waals surface area (Å²) in [7, 11) is 3.54. The predicted octanol–water partition coefficient (Wildman–Crippen LogP) is 3.03. The number of benzene rings is 1. The SMILES string of the molecule is CN=C(NCc1ccc(C)cc1C)NCC(OC)C(C)(C)C. The van der Waals surface area contributed by atoms with E-state index in [0.717, 1.165) is 19.0 Å². The van der Waals surface area contributed by atoms with Crippen molar-refractivity contribution >= 4 is 5.96 Å². The van der Waals surface area contributed by atoms with Crippen LogP contribution in [-0.2, 0) is 11.3 Å². The predicted molar refractivity (Wildman–Crippen MR) is 94.4 cm³/mol. The molecule has 1 rings (SSSR count). The molecule has 1 unspecified atom stereocenters. The number of ether oxygens (including phenoxy) is 1. The Morgan fingerprint density at radius 3 is 2.41 bits per heavy atom. The van der Waals surface area contributed by atoms with Crippen LogP contribution in [-0.4, -0.2) is 32.8 Å². The minimum Gasteiger partial charge on any atom is -0.379 e. The Morgan fingerprint density at radius 1 is 1.23 bits per heavy atom. The van der Waals surface area contributed by atoms with Crippen molar-refractivity contribution in [2.45, 2.75) is 47.3 Å². The molecule has 0 heterocycles. The van der Waals surface area contributed by atoms with Gasteiger partial charge in [-0.25, -0.2) is 0 Å². The molecule has 0 saturated heterocycles. The highest BCUT2D eigenvalue weighted by molar-refractivity contribution is 5.79. The third kappa shape index (κ3) is 5.68. The van der Waals surface area contributed by atoms with Crippen molar-refractivity contribution in [1.82, 2.24) is 10.6 Å². The van der Waals surface area contributed by atoms with Gasteiger partial charge in [0.2, 0.25) is 0 Å². The molecule has 0 radical (unpaired) electrons. The Bertz CT molecular complexity index is 504. The number of hydrogen-bond donors (Lipinski definition) is 2. The van der Waals surface area contributed by atoms with Gasteiger partial charge in [0.1, 0.15) is 0 Å². The molecular weight excluding hydrogens is 274 g/mol. The first-order valence-corrected chi connectivity index (χ1v) is 7.81. The summed E-state index contributed by atoms with van der Waals surface area (Å²) in [4.78, 5) is 4.28. The van der Waals surface area contributed by atoms with Gasteiger partial charge in [-0.1, -0.05) is 44.5 Å². The molecule has 4 heteroatoms. The van der Waals surface area contributed by atoms with Crippen LogP contribution < -0.4 is 10.6 Å². The number of aliphatic imine (C=N–C) groups is 1. The van der Waals surface area contributed by atoms with Crippen LogP contribution in [0.3, 0.4) is 0 Å². The molecule has 0 spiro atoms. The van der Waals surface area contributed by atoms with Crippen LogP contribution in [0.15, 0.2) is 23.2 Å². The fourth-order valence-corrected chi connectivity index (χ4v) is 2.38. The molecule has 22 heavy (non-hydrogen) atoms. The number of guanidine groups is 1. The van der Waals surface area contributed by atoms with E-state index in [-0.39, 0.29) is 11.5 Å². The fraction of sp³-hybridized carbons (Fsp3) is 0.611. The smallest absolute Gasteiger partial charge is 0.191 e. The average Bonchev–Trinajstić information content (AvgIpc) is 2.43. The third-order valence-corrected chi connectivity index (χ3v) is 3.87. The molecule has 0 aliphatic carbocycles. The Hall–Kier alpha value is -1.55. The molecule has 0 saturated carbocycles. The molecule has 0 fully saturated rings. The monoisotopic (exact) mass is 305 g/mol. The van der Waals surface area contributed by atoms with E-state index < -0.39 is 0 Å². The molecule has 0 aliphatic rings. The molecule has 0 amide bonds. The molecule has 0 bridgehead atoms. The Kier molecular flexibility index (Phi) is 6.88. The van der Waals surface area contributed by atoms with E-state index in [1.165, 1.54) is 16.7 Å². The van der Waals surface area contributed by atoms with E-state index in [2.05, 4.69) is 68.4 Å². The standard InChI is InChI=1S/C18H31N3O/c1-13-8-9-15(14(2)10-13)11-20-17(19-6)21-12-16(22-7)18(3,4)5/h8-10,16H,11-12H2,1-7H3,(H2,19,20,21). The maximum atomic E-state index is 5.56. The molecule has 4 nitrogen and oxygen atoms in total. The zero-order chi connectivity index (χ0) is 16.8.